The molecule has 86 valence electrons. The van der Waals surface area contributed by atoms with Crippen molar-refractivity contribution in [2.45, 2.75) is 31.7 Å². The molecular formula is C11H14N2O3. The molecule has 1 heterocycles. The van der Waals surface area contributed by atoms with Gasteiger partial charge >= 0.3 is 6.09 Å². The number of pyridine rings is 1. The molecular weight excluding hydrogens is 208 g/mol. The Kier molecular flexibility index (Phi) is 2.94. The summed E-state index contributed by atoms with van der Waals surface area (Å²) in [6.45, 7) is 0. The number of nitrogens with one attached hydrogen (secondary N) is 2. The fourth-order valence-corrected chi connectivity index (χ4v) is 2.18. The van der Waals surface area contributed by atoms with Gasteiger partial charge in [0.25, 0.3) is 0 Å². The Balaban J connectivity index is 2.36. The summed E-state index contributed by atoms with van der Waals surface area (Å²) in [4.78, 5) is 24.5. The Morgan fingerprint density at radius 3 is 3.06 bits per heavy atom. The van der Waals surface area contributed by atoms with E-state index in [1.165, 1.54) is 0 Å². The molecule has 16 heavy (non-hydrogen) atoms. The Labute approximate surface area is 92.5 Å². The van der Waals surface area contributed by atoms with Crippen LogP contribution in [0, 0.1) is 0 Å². The van der Waals surface area contributed by atoms with E-state index in [1.807, 2.05) is 0 Å². The zero-order chi connectivity index (χ0) is 11.5. The number of aromatic nitrogens is 1. The minimum Gasteiger partial charge on any atom is -0.465 e. The average molecular weight is 222 g/mol. The molecule has 5 nitrogen and oxygen atoms in total. The van der Waals surface area contributed by atoms with E-state index in [0.29, 0.717) is 0 Å². The maximum Gasteiger partial charge on any atom is 0.405 e. The molecule has 1 aliphatic carbocycles. The highest BCUT2D eigenvalue weighted by molar-refractivity contribution is 5.65. The number of rotatable bonds is 1. The Morgan fingerprint density at radius 1 is 1.50 bits per heavy atom. The molecule has 1 aliphatic rings. The molecule has 3 N–H and O–H groups in total. The van der Waals surface area contributed by atoms with Crippen molar-refractivity contribution in [3.8, 4) is 0 Å². The van der Waals surface area contributed by atoms with Gasteiger partial charge in [-0.05, 0) is 30.4 Å². The smallest absolute Gasteiger partial charge is 0.405 e. The van der Waals surface area contributed by atoms with E-state index in [2.05, 4.69) is 10.3 Å². The second-order valence-electron chi connectivity index (χ2n) is 4.03. The average Bonchev–Trinajstić information content (AvgIpc) is 2.40. The van der Waals surface area contributed by atoms with Gasteiger partial charge in [0.15, 0.2) is 0 Å². The van der Waals surface area contributed by atoms with E-state index >= 15 is 0 Å². The van der Waals surface area contributed by atoms with Gasteiger partial charge in [0, 0.05) is 12.3 Å². The number of aryl methyl sites for hydroxylation is 1. The summed E-state index contributed by atoms with van der Waals surface area (Å²) in [5.74, 6) is 0. The predicted molar refractivity (Wildman–Crippen MR) is 58.5 cm³/mol. The number of aromatic amines is 1. The second kappa shape index (κ2) is 4.38. The maximum absolute atomic E-state index is 11.2. The van der Waals surface area contributed by atoms with Crippen molar-refractivity contribution >= 4 is 6.09 Å². The van der Waals surface area contributed by atoms with Crippen LogP contribution in [-0.2, 0) is 6.42 Å². The minimum atomic E-state index is -1.02. The molecule has 0 bridgehead atoms. The number of carbonyl (C=O) groups is 1. The highest BCUT2D eigenvalue weighted by atomic mass is 16.4. The van der Waals surface area contributed by atoms with Crippen molar-refractivity contribution in [3.63, 3.8) is 0 Å². The third-order valence-electron chi connectivity index (χ3n) is 2.91. The molecule has 1 aromatic rings. The van der Waals surface area contributed by atoms with E-state index in [-0.39, 0.29) is 11.6 Å². The van der Waals surface area contributed by atoms with E-state index in [0.717, 1.165) is 36.8 Å². The molecule has 1 atom stereocenters. The fourth-order valence-electron chi connectivity index (χ4n) is 2.18. The topological polar surface area (TPSA) is 82.2 Å². The van der Waals surface area contributed by atoms with Crippen LogP contribution in [0.3, 0.4) is 0 Å². The van der Waals surface area contributed by atoms with Crippen molar-refractivity contribution in [3.05, 3.63) is 33.7 Å². The number of hydrogen-bond donors (Lipinski definition) is 3. The molecule has 0 aromatic carbocycles. The van der Waals surface area contributed by atoms with Gasteiger partial charge in [-0.2, -0.15) is 0 Å². The molecule has 0 radical (unpaired) electrons. The Bertz CT molecular complexity index is 453. The summed E-state index contributed by atoms with van der Waals surface area (Å²) in [7, 11) is 0. The molecule has 2 rings (SSSR count). The molecule has 0 spiro atoms. The quantitative estimate of drug-likeness (QED) is 0.628. The summed E-state index contributed by atoms with van der Waals surface area (Å²) in [6, 6.07) is 1.36. The van der Waals surface area contributed by atoms with Crippen LogP contribution in [0.25, 0.3) is 0 Å². The van der Waals surface area contributed by atoms with Crippen LogP contribution in [0.15, 0.2) is 17.1 Å². The molecule has 5 heteroatoms. The third-order valence-corrected chi connectivity index (χ3v) is 2.91. The summed E-state index contributed by atoms with van der Waals surface area (Å²) in [6.07, 6.45) is 4.19. The predicted octanol–water partition coefficient (Wildman–Crippen LogP) is 1.41. The van der Waals surface area contributed by atoms with Crippen molar-refractivity contribution in [1.82, 2.24) is 10.3 Å². The standard InChI is InChI=1S/C11H14N2O3/c14-10-5-7-3-1-2-4-9(13-11(15)16)8(7)6-12-10/h5-6,9,13H,1-4H2,(H,12,14)(H,15,16). The van der Waals surface area contributed by atoms with E-state index in [9.17, 15) is 9.59 Å². The SMILES string of the molecule is O=C(O)NC1CCCCc2cc(=O)[nH]cc21. The van der Waals surface area contributed by atoms with Gasteiger partial charge in [0.05, 0.1) is 6.04 Å². The van der Waals surface area contributed by atoms with Crippen LogP contribution >= 0.6 is 0 Å². The van der Waals surface area contributed by atoms with Crippen LogP contribution in [0.2, 0.25) is 0 Å². The molecule has 0 saturated carbocycles. The Hall–Kier alpha value is -1.78. The monoisotopic (exact) mass is 222 g/mol. The van der Waals surface area contributed by atoms with Crippen LogP contribution in [0.5, 0.6) is 0 Å². The van der Waals surface area contributed by atoms with Gasteiger partial charge in [0.1, 0.15) is 0 Å². The van der Waals surface area contributed by atoms with Crippen molar-refractivity contribution in [2.24, 2.45) is 0 Å². The zero-order valence-electron chi connectivity index (χ0n) is 8.82. The molecule has 0 aliphatic heterocycles. The van der Waals surface area contributed by atoms with E-state index < -0.39 is 6.09 Å². The van der Waals surface area contributed by atoms with Crippen LogP contribution in [0.4, 0.5) is 4.79 Å². The lowest BCUT2D eigenvalue weighted by Crippen LogP contribution is -2.27. The number of hydrogen-bond acceptors (Lipinski definition) is 2. The maximum atomic E-state index is 11.2. The first-order chi connectivity index (χ1) is 7.66. The Morgan fingerprint density at radius 2 is 2.31 bits per heavy atom. The van der Waals surface area contributed by atoms with Gasteiger partial charge in [-0.3, -0.25) is 4.79 Å². The van der Waals surface area contributed by atoms with E-state index in [1.54, 1.807) is 12.3 Å². The first-order valence-corrected chi connectivity index (χ1v) is 5.38. The largest absolute Gasteiger partial charge is 0.465 e. The van der Waals surface area contributed by atoms with Crippen molar-refractivity contribution in [1.29, 1.82) is 0 Å². The molecule has 0 saturated heterocycles. The lowest BCUT2D eigenvalue weighted by molar-refractivity contribution is 0.189. The number of carboxylic acid groups (broad SMARTS) is 1. The van der Waals surface area contributed by atoms with Gasteiger partial charge in [0.2, 0.25) is 5.56 Å². The highest BCUT2D eigenvalue weighted by Crippen LogP contribution is 2.26. The number of H-pyrrole nitrogens is 1. The summed E-state index contributed by atoms with van der Waals surface area (Å²) in [5, 5.41) is 11.2. The van der Waals surface area contributed by atoms with Gasteiger partial charge in [-0.15, -0.1) is 0 Å². The van der Waals surface area contributed by atoms with Crippen molar-refractivity contribution < 1.29 is 9.90 Å². The van der Waals surface area contributed by atoms with Crippen molar-refractivity contribution in [2.75, 3.05) is 0 Å². The first-order valence-electron chi connectivity index (χ1n) is 5.38. The summed E-state index contributed by atoms with van der Waals surface area (Å²) >= 11 is 0. The zero-order valence-corrected chi connectivity index (χ0v) is 8.82. The normalized spacial score (nSPS) is 19.6. The summed E-state index contributed by atoms with van der Waals surface area (Å²) < 4.78 is 0. The highest BCUT2D eigenvalue weighted by Gasteiger charge is 2.20. The molecule has 1 amide bonds. The minimum absolute atomic E-state index is 0.130. The first kappa shape index (κ1) is 10.7. The fraction of sp³-hybridized carbons (Fsp3) is 0.455. The van der Waals surface area contributed by atoms with E-state index in [4.69, 9.17) is 5.11 Å². The van der Waals surface area contributed by atoms with Crippen LogP contribution < -0.4 is 10.9 Å². The van der Waals surface area contributed by atoms with Gasteiger partial charge in [-0.25, -0.2) is 4.79 Å². The van der Waals surface area contributed by atoms with Gasteiger partial charge in [-0.1, -0.05) is 6.42 Å². The lowest BCUT2D eigenvalue weighted by atomic mass is 10.0. The second-order valence-corrected chi connectivity index (χ2v) is 4.03. The third kappa shape index (κ3) is 2.24. The number of fused-ring (bicyclic) bond motifs is 1. The number of amides is 1. The van der Waals surface area contributed by atoms with Crippen LogP contribution in [-0.4, -0.2) is 16.2 Å². The summed E-state index contributed by atoms with van der Waals surface area (Å²) in [5.41, 5.74) is 1.73. The van der Waals surface area contributed by atoms with Crippen LogP contribution in [0.1, 0.15) is 36.4 Å². The molecule has 1 aromatic heterocycles. The lowest BCUT2D eigenvalue weighted by Gasteiger charge is -2.16. The van der Waals surface area contributed by atoms with Gasteiger partial charge < -0.3 is 15.4 Å². The molecule has 0 fully saturated rings. The molecule has 1 unspecified atom stereocenters.